The monoisotopic (exact) mass is 409 g/mol. The number of hydrogen-bond donors (Lipinski definition) is 0. The molecule has 0 amide bonds. The quantitative estimate of drug-likeness (QED) is 0.624. The standard InChI is InChI=1S/C23H23NO4S/c1-17-7-9-20(10-8-17)24(16-19-6-4-3-5-18(19)2)29(25,26)21-11-12-22-23(15-21)28-14-13-27-22/h3-12,15H,13-14,16H2,1-2H3. The Hall–Kier alpha value is -2.99. The molecule has 0 saturated carbocycles. The lowest BCUT2D eigenvalue weighted by Crippen LogP contribution is -2.31. The van der Waals surface area contributed by atoms with Crippen molar-refractivity contribution in [1.29, 1.82) is 0 Å². The molecule has 0 fully saturated rings. The van der Waals surface area contributed by atoms with Crippen LogP contribution in [0.25, 0.3) is 0 Å². The SMILES string of the molecule is Cc1ccc(N(Cc2ccccc2C)S(=O)(=O)c2ccc3c(c2)OCCO3)cc1. The van der Waals surface area contributed by atoms with Gasteiger partial charge in [0.1, 0.15) is 13.2 Å². The summed E-state index contributed by atoms with van der Waals surface area (Å²) in [5, 5.41) is 0. The second-order valence-corrected chi connectivity index (χ2v) is 8.94. The molecule has 3 aromatic rings. The maximum absolute atomic E-state index is 13.6. The van der Waals surface area contributed by atoms with E-state index in [9.17, 15) is 8.42 Å². The number of anilines is 1. The summed E-state index contributed by atoms with van der Waals surface area (Å²) in [5.74, 6) is 1.02. The largest absolute Gasteiger partial charge is 0.486 e. The molecule has 0 N–H and O–H groups in total. The molecule has 4 rings (SSSR count). The highest BCUT2D eigenvalue weighted by Gasteiger charge is 2.27. The van der Waals surface area contributed by atoms with Crippen LogP contribution in [0.4, 0.5) is 5.69 Å². The normalized spacial score (nSPS) is 13.2. The Kier molecular flexibility index (Phi) is 5.20. The van der Waals surface area contributed by atoms with Crippen molar-refractivity contribution in [3.05, 3.63) is 83.4 Å². The van der Waals surface area contributed by atoms with Crippen molar-refractivity contribution < 1.29 is 17.9 Å². The minimum absolute atomic E-state index is 0.177. The molecular formula is C23H23NO4S. The molecule has 0 saturated heterocycles. The van der Waals surface area contributed by atoms with Gasteiger partial charge in [-0.1, -0.05) is 42.0 Å². The predicted molar refractivity (Wildman–Crippen MR) is 113 cm³/mol. The smallest absolute Gasteiger partial charge is 0.264 e. The summed E-state index contributed by atoms with van der Waals surface area (Å²) in [6, 6.07) is 20.1. The molecular weight excluding hydrogens is 386 g/mol. The van der Waals surface area contributed by atoms with Crippen molar-refractivity contribution in [3.8, 4) is 11.5 Å². The van der Waals surface area contributed by atoms with Gasteiger partial charge in [0.25, 0.3) is 10.0 Å². The number of hydrogen-bond acceptors (Lipinski definition) is 4. The molecule has 5 nitrogen and oxygen atoms in total. The molecule has 0 bridgehead atoms. The maximum Gasteiger partial charge on any atom is 0.264 e. The van der Waals surface area contributed by atoms with E-state index in [0.717, 1.165) is 16.7 Å². The zero-order valence-electron chi connectivity index (χ0n) is 16.5. The van der Waals surface area contributed by atoms with E-state index in [0.29, 0.717) is 30.4 Å². The number of benzene rings is 3. The van der Waals surface area contributed by atoms with Crippen molar-refractivity contribution in [2.75, 3.05) is 17.5 Å². The highest BCUT2D eigenvalue weighted by Crippen LogP contribution is 2.35. The van der Waals surface area contributed by atoms with Gasteiger partial charge in [0.05, 0.1) is 17.1 Å². The molecule has 0 atom stereocenters. The van der Waals surface area contributed by atoms with E-state index in [1.165, 1.54) is 4.31 Å². The van der Waals surface area contributed by atoms with E-state index in [1.807, 2.05) is 62.4 Å². The average molecular weight is 410 g/mol. The molecule has 3 aromatic carbocycles. The van der Waals surface area contributed by atoms with Gasteiger partial charge >= 0.3 is 0 Å². The fourth-order valence-electron chi connectivity index (χ4n) is 3.28. The first kappa shape index (κ1) is 19.3. The van der Waals surface area contributed by atoms with Crippen LogP contribution in [0.5, 0.6) is 11.5 Å². The van der Waals surface area contributed by atoms with Gasteiger partial charge in [-0.25, -0.2) is 8.42 Å². The maximum atomic E-state index is 13.6. The number of fused-ring (bicyclic) bond motifs is 1. The molecule has 0 radical (unpaired) electrons. The van der Waals surface area contributed by atoms with Gasteiger partial charge in [-0.2, -0.15) is 0 Å². The lowest BCUT2D eigenvalue weighted by molar-refractivity contribution is 0.171. The van der Waals surface area contributed by atoms with E-state index in [1.54, 1.807) is 18.2 Å². The molecule has 0 spiro atoms. The minimum Gasteiger partial charge on any atom is -0.486 e. The summed E-state index contributed by atoms with van der Waals surface area (Å²) in [4.78, 5) is 0.177. The fourth-order valence-corrected chi connectivity index (χ4v) is 4.74. The third kappa shape index (κ3) is 3.93. The van der Waals surface area contributed by atoms with Crippen LogP contribution in [0.2, 0.25) is 0 Å². The molecule has 1 aliphatic heterocycles. The Morgan fingerprint density at radius 3 is 2.28 bits per heavy atom. The van der Waals surface area contributed by atoms with Gasteiger partial charge in [-0.05, 0) is 49.2 Å². The van der Waals surface area contributed by atoms with E-state index in [2.05, 4.69) is 0 Å². The van der Waals surface area contributed by atoms with Crippen molar-refractivity contribution in [2.24, 2.45) is 0 Å². The van der Waals surface area contributed by atoms with Crippen LogP contribution in [0.15, 0.2) is 71.6 Å². The Balaban J connectivity index is 1.79. The van der Waals surface area contributed by atoms with Crippen molar-refractivity contribution >= 4 is 15.7 Å². The Morgan fingerprint density at radius 1 is 0.862 bits per heavy atom. The van der Waals surface area contributed by atoms with Crippen LogP contribution in [0.1, 0.15) is 16.7 Å². The van der Waals surface area contributed by atoms with E-state index < -0.39 is 10.0 Å². The van der Waals surface area contributed by atoms with Crippen LogP contribution in [-0.2, 0) is 16.6 Å². The van der Waals surface area contributed by atoms with Gasteiger partial charge < -0.3 is 9.47 Å². The first-order valence-corrected chi connectivity index (χ1v) is 10.9. The van der Waals surface area contributed by atoms with Crippen LogP contribution in [0, 0.1) is 13.8 Å². The number of sulfonamides is 1. The van der Waals surface area contributed by atoms with E-state index >= 15 is 0 Å². The predicted octanol–water partition coefficient (Wildman–Crippen LogP) is 4.47. The Labute approximate surface area is 171 Å². The summed E-state index contributed by atoms with van der Waals surface area (Å²) < 4.78 is 39.9. The molecule has 0 unspecified atom stereocenters. The number of aryl methyl sites for hydroxylation is 2. The summed E-state index contributed by atoms with van der Waals surface area (Å²) in [5.41, 5.74) is 3.69. The summed E-state index contributed by atoms with van der Waals surface area (Å²) >= 11 is 0. The molecule has 6 heteroatoms. The number of ether oxygens (including phenoxy) is 2. The Morgan fingerprint density at radius 2 is 1.55 bits per heavy atom. The van der Waals surface area contributed by atoms with Gasteiger partial charge in [0.15, 0.2) is 11.5 Å². The van der Waals surface area contributed by atoms with Crippen molar-refractivity contribution in [2.45, 2.75) is 25.3 Å². The average Bonchev–Trinajstić information content (AvgIpc) is 2.73. The lowest BCUT2D eigenvalue weighted by atomic mass is 10.1. The molecule has 1 heterocycles. The van der Waals surface area contributed by atoms with Crippen molar-refractivity contribution in [3.63, 3.8) is 0 Å². The number of nitrogens with zero attached hydrogens (tertiary/aromatic N) is 1. The molecule has 0 aromatic heterocycles. The molecule has 0 aliphatic carbocycles. The van der Waals surface area contributed by atoms with Crippen LogP contribution in [0.3, 0.4) is 0 Å². The second kappa shape index (κ2) is 7.79. The number of rotatable bonds is 5. The third-order valence-corrected chi connectivity index (χ3v) is 6.77. The van der Waals surface area contributed by atoms with Crippen molar-refractivity contribution in [1.82, 2.24) is 0 Å². The topological polar surface area (TPSA) is 55.8 Å². The van der Waals surface area contributed by atoms with E-state index in [4.69, 9.17) is 9.47 Å². The highest BCUT2D eigenvalue weighted by molar-refractivity contribution is 7.92. The Bertz CT molecular complexity index is 1120. The summed E-state index contributed by atoms with van der Waals surface area (Å²) in [6.45, 7) is 5.07. The van der Waals surface area contributed by atoms with Crippen LogP contribution < -0.4 is 13.8 Å². The molecule has 150 valence electrons. The first-order valence-electron chi connectivity index (χ1n) is 9.49. The van der Waals surface area contributed by atoms with E-state index in [-0.39, 0.29) is 11.4 Å². The zero-order valence-corrected chi connectivity index (χ0v) is 17.3. The summed E-state index contributed by atoms with van der Waals surface area (Å²) in [7, 11) is -3.82. The van der Waals surface area contributed by atoms with Gasteiger partial charge in [0.2, 0.25) is 0 Å². The van der Waals surface area contributed by atoms with Gasteiger partial charge in [-0.15, -0.1) is 0 Å². The van der Waals surface area contributed by atoms with Gasteiger partial charge in [-0.3, -0.25) is 4.31 Å². The first-order chi connectivity index (χ1) is 13.9. The second-order valence-electron chi connectivity index (χ2n) is 7.08. The highest BCUT2D eigenvalue weighted by atomic mass is 32.2. The van der Waals surface area contributed by atoms with Crippen LogP contribution in [-0.4, -0.2) is 21.6 Å². The van der Waals surface area contributed by atoms with Gasteiger partial charge in [0, 0.05) is 6.07 Å². The fraction of sp³-hybridized carbons (Fsp3) is 0.217. The zero-order chi connectivity index (χ0) is 20.4. The third-order valence-electron chi connectivity index (χ3n) is 5.00. The summed E-state index contributed by atoms with van der Waals surface area (Å²) in [6.07, 6.45) is 0. The molecule has 29 heavy (non-hydrogen) atoms. The lowest BCUT2D eigenvalue weighted by Gasteiger charge is -2.26. The minimum atomic E-state index is -3.82. The van der Waals surface area contributed by atoms with Crippen LogP contribution >= 0.6 is 0 Å². The molecule has 1 aliphatic rings.